The smallest absolute Gasteiger partial charge is 0.326 e. The Labute approximate surface area is 310 Å². The van der Waals surface area contributed by atoms with Crippen molar-refractivity contribution in [3.8, 4) is 0 Å². The van der Waals surface area contributed by atoms with E-state index in [1.54, 1.807) is 5.32 Å². The molecule has 3 aromatic rings. The number of nitrogens with one attached hydrogen (secondary N) is 3. The fourth-order valence-electron chi connectivity index (χ4n) is 5.24. The van der Waals surface area contributed by atoms with E-state index in [0.29, 0.717) is 23.5 Å². The molecule has 0 radical (unpaired) electrons. The predicted molar refractivity (Wildman–Crippen MR) is 160 cm³/mol. The summed E-state index contributed by atoms with van der Waals surface area (Å²) in [6, 6.07) is 5.09. The molecular formula is C30H13Cl3F15N3O4. The molecule has 1 aliphatic heterocycles. The van der Waals surface area contributed by atoms with Crippen molar-refractivity contribution in [2.75, 3.05) is 16.0 Å². The number of hydrogen-bond acceptors (Lipinski definition) is 4. The summed E-state index contributed by atoms with van der Waals surface area (Å²) in [6.07, 6.45) is -11.9. The van der Waals surface area contributed by atoms with Crippen LogP contribution in [-0.4, -0.2) is 51.8 Å². The van der Waals surface area contributed by atoms with Gasteiger partial charge in [0.1, 0.15) is 21.7 Å². The second-order valence-corrected chi connectivity index (χ2v) is 13.5. The van der Waals surface area contributed by atoms with Crippen molar-refractivity contribution < 1.29 is 85.0 Å². The molecule has 5 rings (SSSR count). The zero-order valence-corrected chi connectivity index (χ0v) is 28.0. The summed E-state index contributed by atoms with van der Waals surface area (Å²) >= 11 is 18.3. The van der Waals surface area contributed by atoms with Gasteiger partial charge in [0, 0.05) is 11.6 Å². The van der Waals surface area contributed by atoms with Crippen LogP contribution in [0.2, 0.25) is 5.02 Å². The molecule has 3 atom stereocenters. The van der Waals surface area contributed by atoms with Crippen molar-refractivity contribution in [3.05, 3.63) is 87.7 Å². The van der Waals surface area contributed by atoms with Crippen LogP contribution in [0.25, 0.3) is 0 Å². The highest BCUT2D eigenvalue weighted by Crippen LogP contribution is 2.66. The molecule has 1 aliphatic carbocycles. The fraction of sp³-hybridized carbons (Fsp3) is 0.300. The van der Waals surface area contributed by atoms with Gasteiger partial charge in [-0.2, -0.15) is 52.7 Å². The van der Waals surface area contributed by atoms with E-state index in [1.165, 1.54) is 0 Å². The molecule has 25 heteroatoms. The highest BCUT2D eigenvalue weighted by molar-refractivity contribution is 6.53. The molecule has 3 aromatic carbocycles. The fourth-order valence-corrected chi connectivity index (χ4v) is 6.27. The van der Waals surface area contributed by atoms with Gasteiger partial charge in [0.15, 0.2) is 5.82 Å². The zero-order chi connectivity index (χ0) is 41.6. The van der Waals surface area contributed by atoms with Gasteiger partial charge in [-0.15, -0.1) is 23.2 Å². The molecule has 0 bridgehead atoms. The van der Waals surface area contributed by atoms with Crippen molar-refractivity contribution >= 4 is 69.6 Å². The van der Waals surface area contributed by atoms with E-state index in [0.717, 1.165) is 24.3 Å². The average molecular weight is 871 g/mol. The second kappa shape index (κ2) is 13.2. The summed E-state index contributed by atoms with van der Waals surface area (Å²) in [5.41, 5.74) is -6.24. The molecule has 3 N–H and O–H groups in total. The molecule has 1 saturated heterocycles. The van der Waals surface area contributed by atoms with Gasteiger partial charge in [0.2, 0.25) is 5.91 Å². The maximum absolute atomic E-state index is 15.3. The van der Waals surface area contributed by atoms with Crippen LogP contribution in [0.15, 0.2) is 48.5 Å². The number of anilines is 3. The molecule has 1 saturated carbocycles. The first-order valence-corrected chi connectivity index (χ1v) is 15.4. The maximum Gasteiger partial charge on any atom is 0.429 e. The number of alkyl halides is 14. The van der Waals surface area contributed by atoms with Gasteiger partial charge in [-0.1, -0.05) is 17.7 Å². The van der Waals surface area contributed by atoms with Crippen molar-refractivity contribution in [2.24, 2.45) is 5.92 Å². The number of benzene rings is 3. The molecule has 0 aromatic heterocycles. The monoisotopic (exact) mass is 869 g/mol. The standard InChI is InChI=1S/C30H13Cl3F15N3O4/c31-13-3-2-10(49-22(53)18-17(24(18,32)33)9-1-4-14(34)12(7-9)26(38,39)40)8-11(13)21(52)50-16-6-5-15(35)20(19(16)36)51-23(54)25(37)27(41,42)28(43,44)29(45,46)30(47,48)55-25/h1-8,17-18H,(H,49,53)(H,50,52)(H,51,54)/t17?,18-,25?/m1/s1. The van der Waals surface area contributed by atoms with Crippen LogP contribution in [0.3, 0.4) is 0 Å². The molecular weight excluding hydrogens is 858 g/mol. The SMILES string of the molecule is O=C(Nc1ccc(F)c(NC(=O)C2(F)OC(F)(F)C(F)(F)C(F)(F)C2(F)F)c1F)c1cc(NC(=O)[C@H]2C(c3ccc(F)c(C(F)(F)F)c3)C2(Cl)Cl)ccc1Cl. The van der Waals surface area contributed by atoms with Gasteiger partial charge in [-0.3, -0.25) is 19.1 Å². The zero-order valence-electron chi connectivity index (χ0n) is 25.7. The van der Waals surface area contributed by atoms with Gasteiger partial charge in [-0.25, -0.2) is 13.2 Å². The van der Waals surface area contributed by atoms with Gasteiger partial charge in [0.25, 0.3) is 11.8 Å². The Morgan fingerprint density at radius 2 is 1.33 bits per heavy atom. The normalized spacial score (nSPS) is 24.4. The van der Waals surface area contributed by atoms with Crippen LogP contribution in [0.1, 0.15) is 27.4 Å². The lowest BCUT2D eigenvalue weighted by Crippen LogP contribution is -2.78. The molecule has 1 heterocycles. The largest absolute Gasteiger partial charge is 0.429 e. The minimum atomic E-state index is -7.32. The third kappa shape index (κ3) is 6.67. The van der Waals surface area contributed by atoms with E-state index in [1.807, 2.05) is 0 Å². The van der Waals surface area contributed by atoms with E-state index in [9.17, 15) is 75.8 Å². The molecule has 3 amide bonds. The van der Waals surface area contributed by atoms with Crippen molar-refractivity contribution in [1.29, 1.82) is 0 Å². The Hall–Kier alpha value is -4.15. The summed E-state index contributed by atoms with van der Waals surface area (Å²) in [5, 5.41) is 4.08. The number of amides is 3. The van der Waals surface area contributed by atoms with Gasteiger partial charge in [-0.05, 0) is 48.0 Å². The molecule has 0 spiro atoms. The lowest BCUT2D eigenvalue weighted by molar-refractivity contribution is -0.523. The molecule has 2 unspecified atom stereocenters. The van der Waals surface area contributed by atoms with Crippen LogP contribution in [0.4, 0.5) is 82.9 Å². The Morgan fingerprint density at radius 1 is 0.727 bits per heavy atom. The Kier molecular flexibility index (Phi) is 10.1. The Morgan fingerprint density at radius 3 is 1.93 bits per heavy atom. The Balaban J connectivity index is 1.35. The molecule has 298 valence electrons. The van der Waals surface area contributed by atoms with E-state index in [4.69, 9.17) is 34.8 Å². The number of hydrogen-bond donors (Lipinski definition) is 3. The van der Waals surface area contributed by atoms with E-state index in [-0.39, 0.29) is 17.3 Å². The van der Waals surface area contributed by atoms with Crippen molar-refractivity contribution in [1.82, 2.24) is 0 Å². The van der Waals surface area contributed by atoms with Gasteiger partial charge < -0.3 is 16.0 Å². The molecule has 7 nitrogen and oxygen atoms in total. The summed E-state index contributed by atoms with van der Waals surface area (Å²) in [4.78, 5) is 38.3. The van der Waals surface area contributed by atoms with Crippen LogP contribution < -0.4 is 16.0 Å². The van der Waals surface area contributed by atoms with E-state index >= 15 is 4.39 Å². The third-order valence-corrected chi connectivity index (χ3v) is 9.44. The predicted octanol–water partition coefficient (Wildman–Crippen LogP) is 9.69. The number of ether oxygens (including phenoxy) is 1. The second-order valence-electron chi connectivity index (χ2n) is 11.7. The first kappa shape index (κ1) is 42.0. The topological polar surface area (TPSA) is 96.5 Å². The third-order valence-electron chi connectivity index (χ3n) is 8.17. The van der Waals surface area contributed by atoms with Crippen molar-refractivity contribution in [2.45, 2.75) is 46.2 Å². The summed E-state index contributed by atoms with van der Waals surface area (Å²) < 4.78 is 208. The lowest BCUT2D eigenvalue weighted by atomic mass is 9.92. The lowest BCUT2D eigenvalue weighted by Gasteiger charge is -2.46. The first-order chi connectivity index (χ1) is 24.9. The molecule has 55 heavy (non-hydrogen) atoms. The highest BCUT2D eigenvalue weighted by atomic mass is 35.5. The van der Waals surface area contributed by atoms with Crippen molar-refractivity contribution in [3.63, 3.8) is 0 Å². The highest BCUT2D eigenvalue weighted by Gasteiger charge is 2.94. The molecule has 2 fully saturated rings. The average Bonchev–Trinajstić information content (AvgIpc) is 3.64. The molecule has 2 aliphatic rings. The summed E-state index contributed by atoms with van der Waals surface area (Å²) in [5.74, 6) is -42.6. The number of rotatable bonds is 7. The Bertz CT molecular complexity index is 2120. The van der Waals surface area contributed by atoms with Crippen LogP contribution in [-0.2, 0) is 20.5 Å². The minimum Gasteiger partial charge on any atom is -0.326 e. The van der Waals surface area contributed by atoms with Crippen LogP contribution in [0, 0.1) is 23.4 Å². The number of halogens is 18. The van der Waals surface area contributed by atoms with Crippen LogP contribution in [0.5, 0.6) is 0 Å². The maximum atomic E-state index is 15.3. The summed E-state index contributed by atoms with van der Waals surface area (Å²) in [7, 11) is 0. The number of carbonyl (C=O) groups is 3. The minimum absolute atomic E-state index is 0.129. The van der Waals surface area contributed by atoms with Gasteiger partial charge >= 0.3 is 35.9 Å². The quantitative estimate of drug-likeness (QED) is 0.163. The van der Waals surface area contributed by atoms with Crippen LogP contribution >= 0.6 is 34.8 Å². The number of carbonyl (C=O) groups excluding carboxylic acids is 3. The van der Waals surface area contributed by atoms with Gasteiger partial charge in [0.05, 0.1) is 27.8 Å². The summed E-state index contributed by atoms with van der Waals surface area (Å²) in [6.45, 7) is 0. The van der Waals surface area contributed by atoms with E-state index < -0.39 is 115 Å². The van der Waals surface area contributed by atoms with E-state index in [2.05, 4.69) is 10.1 Å². The first-order valence-electron chi connectivity index (χ1n) is 14.3.